The molecule has 1 aromatic carbocycles. The molecule has 1 fully saturated rings. The Morgan fingerprint density at radius 3 is 2.18 bits per heavy atom. The van der Waals surface area contributed by atoms with Crippen LogP contribution < -0.4 is 0 Å². The van der Waals surface area contributed by atoms with Crippen molar-refractivity contribution in [1.82, 2.24) is 4.90 Å². The molecule has 22 heavy (non-hydrogen) atoms. The van der Waals surface area contributed by atoms with Gasteiger partial charge in [0.1, 0.15) is 5.78 Å². The van der Waals surface area contributed by atoms with Crippen molar-refractivity contribution in [3.8, 4) is 0 Å². The van der Waals surface area contributed by atoms with Gasteiger partial charge in [-0.1, -0.05) is 37.6 Å². The number of hydrogen-bond acceptors (Lipinski definition) is 3. The normalized spacial score (nSPS) is 23.4. The molecular formula is C18H28ClNO2. The van der Waals surface area contributed by atoms with Crippen LogP contribution in [0, 0.1) is 0 Å². The van der Waals surface area contributed by atoms with E-state index in [9.17, 15) is 4.79 Å². The van der Waals surface area contributed by atoms with Crippen molar-refractivity contribution in [3.63, 3.8) is 0 Å². The van der Waals surface area contributed by atoms with Gasteiger partial charge in [0.2, 0.25) is 0 Å². The van der Waals surface area contributed by atoms with Crippen molar-refractivity contribution >= 4 is 17.4 Å². The van der Waals surface area contributed by atoms with Crippen LogP contribution in [0.5, 0.6) is 0 Å². The number of carbonyl (C=O) groups is 1. The lowest BCUT2D eigenvalue weighted by Crippen LogP contribution is -2.47. The molecule has 3 unspecified atom stereocenters. The van der Waals surface area contributed by atoms with Gasteiger partial charge in [-0.25, -0.2) is 0 Å². The Bertz CT molecular complexity index is 451. The molecule has 1 aromatic rings. The molecule has 124 valence electrons. The molecule has 0 N–H and O–H groups in total. The summed E-state index contributed by atoms with van der Waals surface area (Å²) in [5, 5.41) is 0.699. The lowest BCUT2D eigenvalue weighted by atomic mass is 9.94. The summed E-state index contributed by atoms with van der Waals surface area (Å²) in [5.41, 5.74) is 1.04. The average molecular weight is 326 g/mol. The maximum atomic E-state index is 12.0. The van der Waals surface area contributed by atoms with Gasteiger partial charge in [-0.05, 0) is 38.5 Å². The third kappa shape index (κ3) is 5.71. The van der Waals surface area contributed by atoms with Crippen molar-refractivity contribution in [2.24, 2.45) is 0 Å². The number of nitrogens with zero attached hydrogens (tertiary/aromatic N) is 1. The molecule has 2 rings (SSSR count). The van der Waals surface area contributed by atoms with E-state index in [0.29, 0.717) is 5.02 Å². The first-order chi connectivity index (χ1) is 10.5. The Hall–Kier alpha value is -0.900. The van der Waals surface area contributed by atoms with Gasteiger partial charge >= 0.3 is 0 Å². The van der Waals surface area contributed by atoms with Gasteiger partial charge < -0.3 is 4.74 Å². The van der Waals surface area contributed by atoms with Crippen LogP contribution in [0.15, 0.2) is 24.3 Å². The average Bonchev–Trinajstić information content (AvgIpc) is 2.47. The molecule has 1 saturated heterocycles. The zero-order chi connectivity index (χ0) is 16.7. The summed E-state index contributed by atoms with van der Waals surface area (Å²) >= 11 is 5.91. The van der Waals surface area contributed by atoms with Crippen molar-refractivity contribution in [2.45, 2.75) is 52.7 Å². The lowest BCUT2D eigenvalue weighted by molar-refractivity contribution is -0.120. The molecule has 0 radical (unpaired) electrons. The van der Waals surface area contributed by atoms with E-state index in [1.54, 1.807) is 6.92 Å². The Morgan fingerprint density at radius 2 is 1.73 bits per heavy atom. The number of ketones is 1. The largest absolute Gasteiger partial charge is 0.373 e. The first-order valence-corrected chi connectivity index (χ1v) is 8.47. The van der Waals surface area contributed by atoms with E-state index >= 15 is 0 Å². The molecule has 0 spiro atoms. The predicted octanol–water partition coefficient (Wildman–Crippen LogP) is 4.15. The van der Waals surface area contributed by atoms with Crippen LogP contribution in [0.4, 0.5) is 0 Å². The van der Waals surface area contributed by atoms with Crippen LogP contribution in [-0.2, 0) is 9.53 Å². The molecule has 3 nitrogen and oxygen atoms in total. The Labute approximate surface area is 139 Å². The van der Waals surface area contributed by atoms with Crippen LogP contribution in [0.25, 0.3) is 0 Å². The van der Waals surface area contributed by atoms with E-state index in [-0.39, 0.29) is 23.9 Å². The van der Waals surface area contributed by atoms with Crippen LogP contribution in [0.1, 0.15) is 46.1 Å². The maximum absolute atomic E-state index is 12.0. The van der Waals surface area contributed by atoms with Gasteiger partial charge in [0.05, 0.1) is 18.1 Å². The number of morpholine rings is 1. The van der Waals surface area contributed by atoms with E-state index in [0.717, 1.165) is 25.2 Å². The highest BCUT2D eigenvalue weighted by Gasteiger charge is 2.26. The van der Waals surface area contributed by atoms with Crippen molar-refractivity contribution in [3.05, 3.63) is 34.9 Å². The smallest absolute Gasteiger partial charge is 0.138 e. The zero-order valence-electron chi connectivity index (χ0n) is 14.3. The van der Waals surface area contributed by atoms with E-state index in [1.807, 2.05) is 38.1 Å². The third-order valence-corrected chi connectivity index (χ3v) is 3.95. The second-order valence-electron chi connectivity index (χ2n) is 5.69. The predicted molar refractivity (Wildman–Crippen MR) is 92.7 cm³/mol. The standard InChI is InChI=1S/C16H22ClNO2.C2H6/c1-11-8-18(9-12(2)20-11)10-16(13(3)19)14-4-6-15(17)7-5-14;1-2/h4-7,11-12,16H,8-10H2,1-3H3;1-2H3. The number of rotatable bonds is 4. The summed E-state index contributed by atoms with van der Waals surface area (Å²) in [7, 11) is 0. The molecule has 1 aliphatic heterocycles. The minimum Gasteiger partial charge on any atom is -0.373 e. The molecule has 3 atom stereocenters. The molecule has 0 amide bonds. The highest BCUT2D eigenvalue weighted by Crippen LogP contribution is 2.22. The van der Waals surface area contributed by atoms with E-state index in [1.165, 1.54) is 0 Å². The number of halogens is 1. The van der Waals surface area contributed by atoms with Crippen LogP contribution >= 0.6 is 11.6 Å². The molecule has 4 heteroatoms. The molecule has 0 aliphatic carbocycles. The van der Waals surface area contributed by atoms with Gasteiger partial charge in [0.25, 0.3) is 0 Å². The second kappa shape index (κ2) is 9.29. The Balaban J connectivity index is 0.00000116. The van der Waals surface area contributed by atoms with Gasteiger partial charge in [-0.3, -0.25) is 9.69 Å². The summed E-state index contributed by atoms with van der Waals surface area (Å²) in [5.74, 6) is 0.101. The Kier molecular flexibility index (Phi) is 8.08. The molecule has 0 bridgehead atoms. The van der Waals surface area contributed by atoms with Gasteiger partial charge in [0.15, 0.2) is 0 Å². The second-order valence-corrected chi connectivity index (χ2v) is 6.13. The molecule has 0 aromatic heterocycles. The van der Waals surface area contributed by atoms with E-state index < -0.39 is 0 Å². The molecule has 1 aliphatic rings. The van der Waals surface area contributed by atoms with Crippen molar-refractivity contribution in [1.29, 1.82) is 0 Å². The topological polar surface area (TPSA) is 29.5 Å². The van der Waals surface area contributed by atoms with Crippen molar-refractivity contribution in [2.75, 3.05) is 19.6 Å². The summed E-state index contributed by atoms with van der Waals surface area (Å²) in [6.07, 6.45) is 0.438. The van der Waals surface area contributed by atoms with Crippen LogP contribution in [0.2, 0.25) is 5.02 Å². The first kappa shape index (κ1) is 19.1. The number of hydrogen-bond donors (Lipinski definition) is 0. The van der Waals surface area contributed by atoms with Crippen molar-refractivity contribution < 1.29 is 9.53 Å². The highest BCUT2D eigenvalue weighted by atomic mass is 35.5. The molecule has 1 heterocycles. The number of Topliss-reactive ketones (excluding diaryl/α,β-unsaturated/α-hetero) is 1. The van der Waals surface area contributed by atoms with Gasteiger partial charge in [-0.15, -0.1) is 0 Å². The summed E-state index contributed by atoms with van der Waals surface area (Å²) in [6.45, 7) is 12.3. The SMILES string of the molecule is CC.CC(=O)C(CN1CC(C)OC(C)C1)c1ccc(Cl)cc1. The summed E-state index contributed by atoms with van der Waals surface area (Å²) < 4.78 is 5.74. The number of carbonyl (C=O) groups excluding carboxylic acids is 1. The first-order valence-electron chi connectivity index (χ1n) is 8.09. The minimum absolute atomic E-state index is 0.0928. The van der Waals surface area contributed by atoms with Crippen LogP contribution in [0.3, 0.4) is 0 Å². The summed E-state index contributed by atoms with van der Waals surface area (Å²) in [4.78, 5) is 14.3. The molecular weight excluding hydrogens is 298 g/mol. The fraction of sp³-hybridized carbons (Fsp3) is 0.611. The molecule has 0 saturated carbocycles. The van der Waals surface area contributed by atoms with E-state index in [4.69, 9.17) is 16.3 Å². The van der Waals surface area contributed by atoms with E-state index in [2.05, 4.69) is 18.7 Å². The fourth-order valence-electron chi connectivity index (χ4n) is 2.86. The minimum atomic E-state index is -0.0928. The Morgan fingerprint density at radius 1 is 1.23 bits per heavy atom. The van der Waals surface area contributed by atoms with Crippen LogP contribution in [-0.4, -0.2) is 42.5 Å². The number of ether oxygens (including phenoxy) is 1. The number of benzene rings is 1. The van der Waals surface area contributed by atoms with Gasteiger partial charge in [-0.2, -0.15) is 0 Å². The maximum Gasteiger partial charge on any atom is 0.138 e. The quantitative estimate of drug-likeness (QED) is 0.833. The fourth-order valence-corrected chi connectivity index (χ4v) is 2.98. The monoisotopic (exact) mass is 325 g/mol. The summed E-state index contributed by atoms with van der Waals surface area (Å²) in [6, 6.07) is 7.58. The van der Waals surface area contributed by atoms with Gasteiger partial charge in [0, 0.05) is 24.7 Å². The third-order valence-electron chi connectivity index (χ3n) is 3.70. The zero-order valence-corrected chi connectivity index (χ0v) is 15.1. The lowest BCUT2D eigenvalue weighted by Gasteiger charge is -2.36. The highest BCUT2D eigenvalue weighted by molar-refractivity contribution is 6.30.